The van der Waals surface area contributed by atoms with Crippen molar-refractivity contribution in [2.24, 2.45) is 5.92 Å². The summed E-state index contributed by atoms with van der Waals surface area (Å²) in [4.78, 5) is 24.3. The molecule has 0 rings (SSSR count). The summed E-state index contributed by atoms with van der Waals surface area (Å²) in [6.07, 6.45) is 0. The number of likely N-dealkylation sites (N-methyl/N-ethyl adjacent to an activating group) is 1. The summed E-state index contributed by atoms with van der Waals surface area (Å²) in [5.41, 5.74) is -1.22. The standard InChI is InChI=1S/C13H26N2O4/c1-6-15(13(4,5)11(16)17)12(18)14-7-8-19-9-10(2)3/h10H,6-9H2,1-5H3,(H,14,18)(H,16,17). The molecular weight excluding hydrogens is 248 g/mol. The van der Waals surface area contributed by atoms with Gasteiger partial charge in [-0.3, -0.25) is 0 Å². The maximum Gasteiger partial charge on any atom is 0.329 e. The van der Waals surface area contributed by atoms with Crippen molar-refractivity contribution in [1.29, 1.82) is 0 Å². The van der Waals surface area contributed by atoms with Crippen molar-refractivity contribution in [1.82, 2.24) is 10.2 Å². The molecule has 2 N–H and O–H groups in total. The van der Waals surface area contributed by atoms with Crippen LogP contribution in [0, 0.1) is 5.92 Å². The van der Waals surface area contributed by atoms with E-state index in [0.717, 1.165) is 0 Å². The number of nitrogens with one attached hydrogen (secondary N) is 1. The van der Waals surface area contributed by atoms with E-state index in [0.29, 0.717) is 32.2 Å². The molecule has 0 aromatic rings. The number of rotatable bonds is 8. The van der Waals surface area contributed by atoms with Crippen molar-refractivity contribution in [3.05, 3.63) is 0 Å². The Morgan fingerprint density at radius 2 is 1.95 bits per heavy atom. The van der Waals surface area contributed by atoms with Gasteiger partial charge in [0.25, 0.3) is 0 Å². The van der Waals surface area contributed by atoms with Crippen LogP contribution in [0.1, 0.15) is 34.6 Å². The number of hydrogen-bond acceptors (Lipinski definition) is 3. The third kappa shape index (κ3) is 5.92. The minimum Gasteiger partial charge on any atom is -0.480 e. The highest BCUT2D eigenvalue weighted by Crippen LogP contribution is 2.14. The van der Waals surface area contributed by atoms with E-state index in [-0.39, 0.29) is 6.03 Å². The third-order valence-electron chi connectivity index (χ3n) is 2.73. The van der Waals surface area contributed by atoms with Gasteiger partial charge in [-0.2, -0.15) is 0 Å². The number of carboxylic acid groups (broad SMARTS) is 1. The largest absolute Gasteiger partial charge is 0.480 e. The fourth-order valence-electron chi connectivity index (χ4n) is 1.55. The van der Waals surface area contributed by atoms with Crippen molar-refractivity contribution < 1.29 is 19.4 Å². The van der Waals surface area contributed by atoms with Gasteiger partial charge in [0.05, 0.1) is 6.61 Å². The van der Waals surface area contributed by atoms with Crippen molar-refractivity contribution >= 4 is 12.0 Å². The predicted octanol–water partition coefficient (Wildman–Crippen LogP) is 1.55. The molecule has 0 unspecified atom stereocenters. The molecule has 0 fully saturated rings. The first-order valence-electron chi connectivity index (χ1n) is 6.60. The highest BCUT2D eigenvalue weighted by molar-refractivity contribution is 5.85. The summed E-state index contributed by atoms with van der Waals surface area (Å²) in [5.74, 6) is -0.575. The molecule has 19 heavy (non-hydrogen) atoms. The summed E-state index contributed by atoms with van der Waals surface area (Å²) < 4.78 is 5.34. The Hall–Kier alpha value is -1.30. The molecule has 0 radical (unpaired) electrons. The Morgan fingerprint density at radius 3 is 2.37 bits per heavy atom. The van der Waals surface area contributed by atoms with Crippen LogP contribution in [-0.2, 0) is 9.53 Å². The van der Waals surface area contributed by atoms with E-state index < -0.39 is 11.5 Å². The van der Waals surface area contributed by atoms with E-state index in [1.165, 1.54) is 18.7 Å². The quantitative estimate of drug-likeness (QED) is 0.658. The third-order valence-corrected chi connectivity index (χ3v) is 2.73. The molecule has 6 nitrogen and oxygen atoms in total. The number of hydrogen-bond donors (Lipinski definition) is 2. The van der Waals surface area contributed by atoms with Gasteiger partial charge >= 0.3 is 12.0 Å². The lowest BCUT2D eigenvalue weighted by molar-refractivity contribution is -0.147. The topological polar surface area (TPSA) is 78.9 Å². The van der Waals surface area contributed by atoms with E-state index >= 15 is 0 Å². The lowest BCUT2D eigenvalue weighted by Gasteiger charge is -2.34. The van der Waals surface area contributed by atoms with E-state index in [4.69, 9.17) is 9.84 Å². The van der Waals surface area contributed by atoms with Gasteiger partial charge in [-0.05, 0) is 26.7 Å². The zero-order valence-electron chi connectivity index (χ0n) is 12.5. The van der Waals surface area contributed by atoms with Crippen LogP contribution in [0.3, 0.4) is 0 Å². The maximum absolute atomic E-state index is 11.9. The van der Waals surface area contributed by atoms with Gasteiger partial charge in [0.2, 0.25) is 0 Å². The molecule has 0 spiro atoms. The van der Waals surface area contributed by atoms with Gasteiger partial charge in [0.1, 0.15) is 5.54 Å². The molecule has 0 saturated heterocycles. The van der Waals surface area contributed by atoms with Gasteiger partial charge in [-0.15, -0.1) is 0 Å². The van der Waals surface area contributed by atoms with Crippen molar-refractivity contribution in [2.75, 3.05) is 26.3 Å². The van der Waals surface area contributed by atoms with Crippen molar-refractivity contribution in [3.8, 4) is 0 Å². The average molecular weight is 274 g/mol. The zero-order valence-corrected chi connectivity index (χ0v) is 12.5. The lowest BCUT2D eigenvalue weighted by Crippen LogP contribution is -2.56. The molecule has 0 aromatic heterocycles. The number of aliphatic carboxylic acids is 1. The Kier molecular flexibility index (Phi) is 7.44. The summed E-state index contributed by atoms with van der Waals surface area (Å²) in [7, 11) is 0. The summed E-state index contributed by atoms with van der Waals surface area (Å²) in [6.45, 7) is 10.6. The Balaban J connectivity index is 4.20. The first kappa shape index (κ1) is 17.7. The molecule has 2 amide bonds. The Bertz CT molecular complexity index is 303. The second-order valence-electron chi connectivity index (χ2n) is 5.31. The van der Waals surface area contributed by atoms with Crippen LogP contribution < -0.4 is 5.32 Å². The molecule has 0 heterocycles. The van der Waals surface area contributed by atoms with Crippen molar-refractivity contribution in [2.45, 2.75) is 40.2 Å². The molecule has 0 aliphatic heterocycles. The van der Waals surface area contributed by atoms with Crippen LogP contribution in [0.5, 0.6) is 0 Å². The van der Waals surface area contributed by atoms with E-state index in [9.17, 15) is 9.59 Å². The van der Waals surface area contributed by atoms with Crippen LogP contribution in [0.4, 0.5) is 4.79 Å². The van der Waals surface area contributed by atoms with E-state index in [1.807, 2.05) is 13.8 Å². The minimum atomic E-state index is -1.22. The second-order valence-corrected chi connectivity index (χ2v) is 5.31. The number of ether oxygens (including phenoxy) is 1. The number of urea groups is 1. The lowest BCUT2D eigenvalue weighted by atomic mass is 10.0. The van der Waals surface area contributed by atoms with Crippen LogP contribution in [0.15, 0.2) is 0 Å². The van der Waals surface area contributed by atoms with Gasteiger partial charge in [0.15, 0.2) is 0 Å². The summed E-state index contributed by atoms with van der Waals surface area (Å²) >= 11 is 0. The fraction of sp³-hybridized carbons (Fsp3) is 0.846. The normalized spacial score (nSPS) is 11.5. The minimum absolute atomic E-state index is 0.331. The molecule has 0 aromatic carbocycles. The monoisotopic (exact) mass is 274 g/mol. The highest BCUT2D eigenvalue weighted by Gasteiger charge is 2.36. The molecule has 0 atom stereocenters. The number of carbonyl (C=O) groups excluding carboxylic acids is 1. The molecule has 0 aliphatic carbocycles. The van der Waals surface area contributed by atoms with E-state index in [1.54, 1.807) is 6.92 Å². The molecule has 0 aliphatic rings. The van der Waals surface area contributed by atoms with Gasteiger partial charge in [-0.25, -0.2) is 9.59 Å². The van der Waals surface area contributed by atoms with Gasteiger partial charge < -0.3 is 20.1 Å². The number of carboxylic acids is 1. The van der Waals surface area contributed by atoms with Gasteiger partial charge in [-0.1, -0.05) is 13.8 Å². The van der Waals surface area contributed by atoms with Crippen LogP contribution in [0.25, 0.3) is 0 Å². The Morgan fingerprint density at radius 1 is 1.37 bits per heavy atom. The molecule has 0 saturated carbocycles. The number of nitrogens with zero attached hydrogens (tertiary/aromatic N) is 1. The average Bonchev–Trinajstić information content (AvgIpc) is 2.28. The van der Waals surface area contributed by atoms with Crippen LogP contribution >= 0.6 is 0 Å². The summed E-state index contributed by atoms with van der Waals surface area (Å²) in [5, 5.41) is 11.8. The molecule has 112 valence electrons. The second kappa shape index (κ2) is 7.99. The number of amides is 2. The Labute approximate surface area is 115 Å². The summed E-state index contributed by atoms with van der Waals surface area (Å²) in [6, 6.07) is -0.386. The van der Waals surface area contributed by atoms with Crippen LogP contribution in [-0.4, -0.2) is 53.8 Å². The molecule has 6 heteroatoms. The number of carbonyl (C=O) groups is 2. The highest BCUT2D eigenvalue weighted by atomic mass is 16.5. The van der Waals surface area contributed by atoms with E-state index in [2.05, 4.69) is 5.32 Å². The first-order valence-corrected chi connectivity index (χ1v) is 6.60. The smallest absolute Gasteiger partial charge is 0.329 e. The first-order chi connectivity index (χ1) is 8.73. The predicted molar refractivity (Wildman–Crippen MR) is 73.2 cm³/mol. The molecular formula is C13H26N2O4. The van der Waals surface area contributed by atoms with Crippen molar-refractivity contribution in [3.63, 3.8) is 0 Å². The molecule has 0 bridgehead atoms. The zero-order chi connectivity index (χ0) is 15.1. The van der Waals surface area contributed by atoms with Gasteiger partial charge in [0, 0.05) is 19.7 Å². The fourth-order valence-corrected chi connectivity index (χ4v) is 1.55. The maximum atomic E-state index is 11.9. The van der Waals surface area contributed by atoms with Crippen LogP contribution in [0.2, 0.25) is 0 Å². The SMILES string of the molecule is CCN(C(=O)NCCOCC(C)C)C(C)(C)C(=O)O.